The summed E-state index contributed by atoms with van der Waals surface area (Å²) >= 11 is 1.31. The smallest absolute Gasteiger partial charge is 0.347 e. The van der Waals surface area contributed by atoms with E-state index in [4.69, 9.17) is 5.11 Å². The van der Waals surface area contributed by atoms with Gasteiger partial charge in [-0.05, 0) is 19.3 Å². The largest absolute Gasteiger partial charge is 0.477 e. The Kier molecular flexibility index (Phi) is 4.22. The van der Waals surface area contributed by atoms with Gasteiger partial charge in [0.05, 0.1) is 5.69 Å². The molecule has 1 heterocycles. The van der Waals surface area contributed by atoms with Crippen molar-refractivity contribution in [3.8, 4) is 0 Å². The van der Waals surface area contributed by atoms with Gasteiger partial charge in [-0.3, -0.25) is 0 Å². The average molecular weight is 268 g/mol. The number of rotatable bonds is 4. The van der Waals surface area contributed by atoms with Crippen LogP contribution in [-0.2, 0) is 6.42 Å². The van der Waals surface area contributed by atoms with Crippen molar-refractivity contribution >= 4 is 22.4 Å². The third kappa shape index (κ3) is 2.66. The molecular formula is C13H20N2O2S. The standard InChI is InChI=1S/C13H20N2O2S/c1-3-10-11(12(16)17)18-13(14-10)15(2)9-7-5-4-6-8-9/h9H,3-8H2,1-2H3,(H,16,17). The maximum atomic E-state index is 11.1. The van der Waals surface area contributed by atoms with Crippen molar-refractivity contribution in [2.24, 2.45) is 0 Å². The fourth-order valence-electron chi connectivity index (χ4n) is 2.52. The van der Waals surface area contributed by atoms with Crippen LogP contribution in [0.5, 0.6) is 0 Å². The van der Waals surface area contributed by atoms with Gasteiger partial charge in [0.1, 0.15) is 4.88 Å². The first kappa shape index (κ1) is 13.3. The number of nitrogens with zero attached hydrogens (tertiary/aromatic N) is 2. The number of carboxylic acid groups (broad SMARTS) is 1. The molecule has 5 heteroatoms. The van der Waals surface area contributed by atoms with Crippen LogP contribution >= 0.6 is 11.3 Å². The average Bonchev–Trinajstić information content (AvgIpc) is 2.83. The van der Waals surface area contributed by atoms with Gasteiger partial charge in [0.2, 0.25) is 0 Å². The van der Waals surface area contributed by atoms with E-state index < -0.39 is 5.97 Å². The first-order valence-corrected chi connectivity index (χ1v) is 7.41. The Morgan fingerprint density at radius 3 is 2.61 bits per heavy atom. The van der Waals surface area contributed by atoms with Crippen molar-refractivity contribution in [1.82, 2.24) is 4.98 Å². The lowest BCUT2D eigenvalue weighted by Crippen LogP contribution is -2.33. The Bertz CT molecular complexity index is 425. The van der Waals surface area contributed by atoms with Gasteiger partial charge in [-0.1, -0.05) is 37.5 Å². The number of anilines is 1. The summed E-state index contributed by atoms with van der Waals surface area (Å²) in [6, 6.07) is 0.524. The van der Waals surface area contributed by atoms with Crippen molar-refractivity contribution in [2.75, 3.05) is 11.9 Å². The van der Waals surface area contributed by atoms with Gasteiger partial charge in [-0.25, -0.2) is 9.78 Å². The van der Waals surface area contributed by atoms with Crippen LogP contribution in [0.4, 0.5) is 5.13 Å². The van der Waals surface area contributed by atoms with E-state index in [0.29, 0.717) is 23.0 Å². The van der Waals surface area contributed by atoms with E-state index in [1.165, 1.54) is 43.4 Å². The second kappa shape index (κ2) is 5.69. The van der Waals surface area contributed by atoms with Crippen molar-refractivity contribution in [2.45, 2.75) is 51.5 Å². The first-order valence-electron chi connectivity index (χ1n) is 6.59. The number of thiazole rings is 1. The Balaban J connectivity index is 2.19. The number of aromatic nitrogens is 1. The second-order valence-corrected chi connectivity index (χ2v) is 5.81. The van der Waals surface area contributed by atoms with Crippen LogP contribution in [0.3, 0.4) is 0 Å². The molecule has 4 nitrogen and oxygen atoms in total. The van der Waals surface area contributed by atoms with E-state index in [-0.39, 0.29) is 0 Å². The summed E-state index contributed by atoms with van der Waals surface area (Å²) in [5.74, 6) is -0.854. The molecule has 1 aromatic heterocycles. The summed E-state index contributed by atoms with van der Waals surface area (Å²) in [5, 5.41) is 10.0. The number of hydrogen-bond acceptors (Lipinski definition) is 4. The van der Waals surface area contributed by atoms with Gasteiger partial charge >= 0.3 is 5.97 Å². The highest BCUT2D eigenvalue weighted by Gasteiger charge is 2.23. The third-order valence-corrected chi connectivity index (χ3v) is 4.82. The molecule has 0 aromatic carbocycles. The lowest BCUT2D eigenvalue weighted by molar-refractivity contribution is 0.0701. The molecule has 1 saturated carbocycles. The fourth-order valence-corrected chi connectivity index (χ4v) is 3.55. The maximum absolute atomic E-state index is 11.1. The number of aryl methyl sites for hydroxylation is 1. The molecule has 0 radical (unpaired) electrons. The van der Waals surface area contributed by atoms with Gasteiger partial charge < -0.3 is 10.0 Å². The molecule has 1 aromatic rings. The van der Waals surface area contributed by atoms with Crippen LogP contribution in [0.1, 0.15) is 54.4 Å². The molecule has 1 aliphatic carbocycles. The fraction of sp³-hybridized carbons (Fsp3) is 0.692. The van der Waals surface area contributed by atoms with Crippen LogP contribution in [0.2, 0.25) is 0 Å². The zero-order valence-electron chi connectivity index (χ0n) is 11.0. The van der Waals surface area contributed by atoms with Crippen LogP contribution in [-0.4, -0.2) is 29.1 Å². The molecule has 18 heavy (non-hydrogen) atoms. The van der Waals surface area contributed by atoms with Crippen LogP contribution in [0.15, 0.2) is 0 Å². The normalized spacial score (nSPS) is 16.8. The Morgan fingerprint density at radius 1 is 1.44 bits per heavy atom. The van der Waals surface area contributed by atoms with Gasteiger partial charge in [0.25, 0.3) is 0 Å². The minimum absolute atomic E-state index is 0.398. The Morgan fingerprint density at radius 2 is 2.11 bits per heavy atom. The molecule has 0 spiro atoms. The van der Waals surface area contributed by atoms with Crippen LogP contribution in [0.25, 0.3) is 0 Å². The van der Waals surface area contributed by atoms with E-state index in [0.717, 1.165) is 5.13 Å². The molecule has 0 saturated heterocycles. The minimum atomic E-state index is -0.854. The number of hydrogen-bond donors (Lipinski definition) is 1. The van der Waals surface area contributed by atoms with Gasteiger partial charge in [0.15, 0.2) is 5.13 Å². The molecule has 2 rings (SSSR count). The van der Waals surface area contributed by atoms with Crippen molar-refractivity contribution < 1.29 is 9.90 Å². The highest BCUT2D eigenvalue weighted by Crippen LogP contribution is 2.31. The third-order valence-electron chi connectivity index (χ3n) is 3.64. The summed E-state index contributed by atoms with van der Waals surface area (Å²) in [4.78, 5) is 18.2. The SMILES string of the molecule is CCc1nc(N(C)C2CCCCC2)sc1C(=O)O. The molecular weight excluding hydrogens is 248 g/mol. The summed E-state index contributed by atoms with van der Waals surface area (Å²) in [7, 11) is 2.04. The zero-order valence-corrected chi connectivity index (χ0v) is 11.8. The summed E-state index contributed by atoms with van der Waals surface area (Å²) in [5.41, 5.74) is 0.713. The van der Waals surface area contributed by atoms with Crippen molar-refractivity contribution in [1.29, 1.82) is 0 Å². The zero-order chi connectivity index (χ0) is 13.1. The van der Waals surface area contributed by atoms with E-state index in [9.17, 15) is 4.79 Å². The molecule has 1 fully saturated rings. The van der Waals surface area contributed by atoms with Crippen molar-refractivity contribution in [3.63, 3.8) is 0 Å². The topological polar surface area (TPSA) is 53.4 Å². The van der Waals surface area contributed by atoms with Gasteiger partial charge in [-0.15, -0.1) is 0 Å². The summed E-state index contributed by atoms with van der Waals surface area (Å²) in [6.07, 6.45) is 6.93. The highest BCUT2D eigenvalue weighted by molar-refractivity contribution is 7.17. The Hall–Kier alpha value is -1.10. The van der Waals surface area contributed by atoms with E-state index in [2.05, 4.69) is 9.88 Å². The molecule has 1 aliphatic rings. The predicted octanol–water partition coefficient (Wildman–Crippen LogP) is 3.17. The molecule has 0 aliphatic heterocycles. The molecule has 1 N–H and O–H groups in total. The predicted molar refractivity (Wildman–Crippen MR) is 73.7 cm³/mol. The molecule has 0 atom stereocenters. The summed E-state index contributed by atoms with van der Waals surface area (Å²) in [6.45, 7) is 1.95. The van der Waals surface area contributed by atoms with E-state index in [1.807, 2.05) is 14.0 Å². The number of carboxylic acids is 1. The lowest BCUT2D eigenvalue weighted by Gasteiger charge is -2.30. The first-order chi connectivity index (χ1) is 8.63. The number of carbonyl (C=O) groups is 1. The molecule has 0 amide bonds. The van der Waals surface area contributed by atoms with Gasteiger partial charge in [-0.2, -0.15) is 0 Å². The van der Waals surface area contributed by atoms with Crippen molar-refractivity contribution in [3.05, 3.63) is 10.6 Å². The molecule has 0 unspecified atom stereocenters. The van der Waals surface area contributed by atoms with Crippen LogP contribution in [0, 0.1) is 0 Å². The quantitative estimate of drug-likeness (QED) is 0.911. The number of aromatic carboxylic acids is 1. The maximum Gasteiger partial charge on any atom is 0.347 e. The van der Waals surface area contributed by atoms with E-state index in [1.54, 1.807) is 0 Å². The van der Waals surface area contributed by atoms with E-state index >= 15 is 0 Å². The minimum Gasteiger partial charge on any atom is -0.477 e. The van der Waals surface area contributed by atoms with Crippen LogP contribution < -0.4 is 4.90 Å². The van der Waals surface area contributed by atoms with Gasteiger partial charge in [0, 0.05) is 13.1 Å². The molecule has 0 bridgehead atoms. The molecule has 100 valence electrons. The lowest BCUT2D eigenvalue weighted by atomic mass is 9.95. The summed E-state index contributed by atoms with van der Waals surface area (Å²) < 4.78 is 0. The Labute approximate surface area is 112 Å². The second-order valence-electron chi connectivity index (χ2n) is 4.83. The monoisotopic (exact) mass is 268 g/mol. The highest BCUT2D eigenvalue weighted by atomic mass is 32.1.